The van der Waals surface area contributed by atoms with E-state index in [1.165, 1.54) is 0 Å². The van der Waals surface area contributed by atoms with E-state index in [1.54, 1.807) is 12.1 Å². The molecule has 2 N–H and O–H groups in total. The molecule has 0 aromatic carbocycles. The van der Waals surface area contributed by atoms with Crippen LogP contribution < -0.4 is 5.32 Å². The summed E-state index contributed by atoms with van der Waals surface area (Å²) in [4.78, 5) is 14.8. The third-order valence-corrected chi connectivity index (χ3v) is 2.66. The van der Waals surface area contributed by atoms with E-state index in [4.69, 9.17) is 16.7 Å². The molecule has 0 amide bonds. The fourth-order valence-corrected chi connectivity index (χ4v) is 1.27. The summed E-state index contributed by atoms with van der Waals surface area (Å²) < 4.78 is 0. The standard InChI is InChI=1S/C11H15ClN2O2/c1-6(2)7(3)13-8-4-5-9(12)14-10(8)11(15)16/h4-7,13H,1-3H3,(H,15,16). The number of pyridine rings is 1. The Balaban J connectivity index is 2.99. The van der Waals surface area contributed by atoms with Crippen molar-refractivity contribution in [2.75, 3.05) is 5.32 Å². The third-order valence-electron chi connectivity index (χ3n) is 2.45. The van der Waals surface area contributed by atoms with E-state index < -0.39 is 5.97 Å². The summed E-state index contributed by atoms with van der Waals surface area (Å²) in [5, 5.41) is 12.3. The largest absolute Gasteiger partial charge is 0.476 e. The van der Waals surface area contributed by atoms with Crippen molar-refractivity contribution in [3.8, 4) is 0 Å². The fraction of sp³-hybridized carbons (Fsp3) is 0.455. The van der Waals surface area contributed by atoms with Gasteiger partial charge in [0.15, 0.2) is 5.69 Å². The van der Waals surface area contributed by atoms with Crippen LogP contribution in [0.15, 0.2) is 12.1 Å². The second kappa shape index (κ2) is 5.16. The molecule has 1 aromatic rings. The van der Waals surface area contributed by atoms with E-state index in [2.05, 4.69) is 24.1 Å². The average Bonchev–Trinajstić information content (AvgIpc) is 2.20. The smallest absolute Gasteiger partial charge is 0.356 e. The molecule has 1 unspecified atom stereocenters. The molecule has 1 rings (SSSR count). The number of carbonyl (C=O) groups is 1. The minimum Gasteiger partial charge on any atom is -0.476 e. The van der Waals surface area contributed by atoms with Gasteiger partial charge in [-0.05, 0) is 25.0 Å². The quantitative estimate of drug-likeness (QED) is 0.797. The molecule has 16 heavy (non-hydrogen) atoms. The Labute approximate surface area is 99.6 Å². The van der Waals surface area contributed by atoms with Crippen molar-refractivity contribution in [1.29, 1.82) is 0 Å². The van der Waals surface area contributed by atoms with Crippen LogP contribution in [0.2, 0.25) is 5.15 Å². The number of anilines is 1. The minimum absolute atomic E-state index is 0.0417. The van der Waals surface area contributed by atoms with Crippen LogP contribution in [0.25, 0.3) is 0 Å². The van der Waals surface area contributed by atoms with Crippen LogP contribution >= 0.6 is 11.6 Å². The van der Waals surface area contributed by atoms with E-state index in [0.29, 0.717) is 11.6 Å². The van der Waals surface area contributed by atoms with Crippen LogP contribution in [0.1, 0.15) is 31.3 Å². The molecule has 0 aliphatic carbocycles. The number of halogens is 1. The first-order valence-corrected chi connectivity index (χ1v) is 5.46. The first-order chi connectivity index (χ1) is 7.41. The SMILES string of the molecule is CC(C)C(C)Nc1ccc(Cl)nc1C(=O)O. The Hall–Kier alpha value is -1.29. The van der Waals surface area contributed by atoms with Crippen LogP contribution in [-0.4, -0.2) is 22.1 Å². The second-order valence-electron chi connectivity index (χ2n) is 4.01. The summed E-state index contributed by atoms with van der Waals surface area (Å²) in [7, 11) is 0. The highest BCUT2D eigenvalue weighted by Gasteiger charge is 2.15. The van der Waals surface area contributed by atoms with Crippen molar-refractivity contribution in [1.82, 2.24) is 4.98 Å². The van der Waals surface area contributed by atoms with Gasteiger partial charge in [-0.3, -0.25) is 0 Å². The third kappa shape index (κ3) is 3.10. The first-order valence-electron chi connectivity index (χ1n) is 5.08. The maximum Gasteiger partial charge on any atom is 0.356 e. The molecule has 1 heterocycles. The van der Waals surface area contributed by atoms with Crippen molar-refractivity contribution >= 4 is 23.3 Å². The summed E-state index contributed by atoms with van der Waals surface area (Å²) in [6, 6.07) is 3.38. The molecular formula is C11H15ClN2O2. The number of carboxylic acid groups (broad SMARTS) is 1. The lowest BCUT2D eigenvalue weighted by atomic mass is 10.1. The van der Waals surface area contributed by atoms with Crippen LogP contribution in [0.3, 0.4) is 0 Å². The molecule has 88 valence electrons. The summed E-state index contributed by atoms with van der Waals surface area (Å²) in [6.07, 6.45) is 0. The topological polar surface area (TPSA) is 62.2 Å². The Morgan fingerprint density at radius 1 is 1.44 bits per heavy atom. The highest BCUT2D eigenvalue weighted by Crippen LogP contribution is 2.19. The van der Waals surface area contributed by atoms with Crippen molar-refractivity contribution in [2.45, 2.75) is 26.8 Å². The van der Waals surface area contributed by atoms with E-state index in [1.807, 2.05) is 6.92 Å². The van der Waals surface area contributed by atoms with Gasteiger partial charge in [0, 0.05) is 6.04 Å². The van der Waals surface area contributed by atoms with Gasteiger partial charge in [-0.1, -0.05) is 25.4 Å². The van der Waals surface area contributed by atoms with Crippen molar-refractivity contribution in [3.05, 3.63) is 23.0 Å². The van der Waals surface area contributed by atoms with Gasteiger partial charge in [0.1, 0.15) is 5.15 Å². The van der Waals surface area contributed by atoms with E-state index in [9.17, 15) is 4.79 Å². The van der Waals surface area contributed by atoms with Gasteiger partial charge in [-0.15, -0.1) is 0 Å². The van der Waals surface area contributed by atoms with Gasteiger partial charge in [0.05, 0.1) is 5.69 Å². The fourth-order valence-electron chi connectivity index (χ4n) is 1.13. The van der Waals surface area contributed by atoms with E-state index in [-0.39, 0.29) is 16.9 Å². The molecule has 4 nitrogen and oxygen atoms in total. The summed E-state index contributed by atoms with van der Waals surface area (Å²) in [6.45, 7) is 6.10. The van der Waals surface area contributed by atoms with Crippen LogP contribution in [0.4, 0.5) is 5.69 Å². The highest BCUT2D eigenvalue weighted by molar-refractivity contribution is 6.29. The van der Waals surface area contributed by atoms with Crippen molar-refractivity contribution in [3.63, 3.8) is 0 Å². The zero-order valence-corrected chi connectivity index (χ0v) is 10.2. The number of aromatic carboxylic acids is 1. The number of carboxylic acids is 1. The predicted octanol–water partition coefficient (Wildman–Crippen LogP) is 2.89. The Morgan fingerprint density at radius 3 is 2.56 bits per heavy atom. The summed E-state index contributed by atoms with van der Waals surface area (Å²) in [5.74, 6) is -0.682. The molecule has 0 bridgehead atoms. The molecule has 1 atom stereocenters. The summed E-state index contributed by atoms with van der Waals surface area (Å²) >= 11 is 5.66. The van der Waals surface area contributed by atoms with E-state index in [0.717, 1.165) is 0 Å². The predicted molar refractivity (Wildman–Crippen MR) is 64.1 cm³/mol. The molecule has 1 aromatic heterocycles. The average molecular weight is 243 g/mol. The molecular weight excluding hydrogens is 228 g/mol. The zero-order chi connectivity index (χ0) is 12.3. The molecule has 0 spiro atoms. The molecule has 0 saturated carbocycles. The van der Waals surface area contributed by atoms with Gasteiger partial charge in [0.25, 0.3) is 0 Å². The molecule has 0 aliphatic heterocycles. The Kier molecular flexibility index (Phi) is 4.12. The second-order valence-corrected chi connectivity index (χ2v) is 4.40. The number of nitrogens with zero attached hydrogens (tertiary/aromatic N) is 1. The van der Waals surface area contributed by atoms with Crippen LogP contribution in [0.5, 0.6) is 0 Å². The monoisotopic (exact) mass is 242 g/mol. The Morgan fingerprint density at radius 2 is 2.06 bits per heavy atom. The van der Waals surface area contributed by atoms with Crippen molar-refractivity contribution in [2.24, 2.45) is 5.92 Å². The van der Waals surface area contributed by atoms with Gasteiger partial charge in [-0.2, -0.15) is 0 Å². The molecule has 0 saturated heterocycles. The number of nitrogens with one attached hydrogen (secondary N) is 1. The van der Waals surface area contributed by atoms with Gasteiger partial charge in [0.2, 0.25) is 0 Å². The highest BCUT2D eigenvalue weighted by atomic mass is 35.5. The zero-order valence-electron chi connectivity index (χ0n) is 9.49. The number of rotatable bonds is 4. The Bertz CT molecular complexity index is 394. The number of aromatic nitrogens is 1. The number of hydrogen-bond acceptors (Lipinski definition) is 3. The lowest BCUT2D eigenvalue weighted by Gasteiger charge is -2.19. The minimum atomic E-state index is -1.08. The van der Waals surface area contributed by atoms with Gasteiger partial charge in [-0.25, -0.2) is 9.78 Å². The maximum atomic E-state index is 11.0. The lowest BCUT2D eigenvalue weighted by Crippen LogP contribution is -2.23. The summed E-state index contributed by atoms with van der Waals surface area (Å²) in [5.41, 5.74) is 0.457. The lowest BCUT2D eigenvalue weighted by molar-refractivity contribution is 0.0691. The van der Waals surface area contributed by atoms with E-state index >= 15 is 0 Å². The maximum absolute atomic E-state index is 11.0. The molecule has 5 heteroatoms. The van der Waals surface area contributed by atoms with Crippen LogP contribution in [0, 0.1) is 5.92 Å². The van der Waals surface area contributed by atoms with Crippen molar-refractivity contribution < 1.29 is 9.90 Å². The number of hydrogen-bond donors (Lipinski definition) is 2. The van der Waals surface area contributed by atoms with Gasteiger partial charge >= 0.3 is 5.97 Å². The molecule has 0 radical (unpaired) electrons. The first kappa shape index (κ1) is 12.8. The molecule has 0 fully saturated rings. The molecule has 0 aliphatic rings. The van der Waals surface area contributed by atoms with Gasteiger partial charge < -0.3 is 10.4 Å². The normalized spacial score (nSPS) is 12.6. The van der Waals surface area contributed by atoms with Crippen LogP contribution in [-0.2, 0) is 0 Å².